The van der Waals surface area contributed by atoms with Gasteiger partial charge in [-0.05, 0) is 156 Å². The van der Waals surface area contributed by atoms with Gasteiger partial charge in [0.25, 0.3) is 0 Å². The van der Waals surface area contributed by atoms with Crippen LogP contribution < -0.4 is 16.0 Å². The van der Waals surface area contributed by atoms with Crippen molar-refractivity contribution in [3.05, 3.63) is 183 Å². The lowest BCUT2D eigenvalue weighted by Gasteiger charge is -2.29. The Bertz CT molecular complexity index is 3930. The summed E-state index contributed by atoms with van der Waals surface area (Å²) in [6.45, 7) is 8.56. The Balaban J connectivity index is 0.000000143. The second kappa shape index (κ2) is 25.4. The topological polar surface area (TPSA) is 253 Å². The van der Waals surface area contributed by atoms with E-state index in [-0.39, 0.29) is 54.3 Å². The Hall–Kier alpha value is -8.24. The zero-order valence-corrected chi connectivity index (χ0v) is 50.0. The fraction of sp³-hybridized carbons (Fsp3) is 0.302. The third kappa shape index (κ3) is 13.7. The van der Waals surface area contributed by atoms with E-state index in [0.29, 0.717) is 78.2 Å². The van der Waals surface area contributed by atoms with E-state index in [4.69, 9.17) is 34.8 Å². The molecule has 3 amide bonds. The summed E-state index contributed by atoms with van der Waals surface area (Å²) in [7, 11) is 0. The van der Waals surface area contributed by atoms with E-state index in [1.54, 1.807) is 67.1 Å². The number of hydrogen-bond acceptors (Lipinski definition) is 13. The number of imidazole rings is 3. The fourth-order valence-corrected chi connectivity index (χ4v) is 10.6. The van der Waals surface area contributed by atoms with Crippen LogP contribution in [0, 0.1) is 19.7 Å². The quantitative estimate of drug-likeness (QED) is 0.0523. The van der Waals surface area contributed by atoms with E-state index in [0.717, 1.165) is 49.7 Å². The summed E-state index contributed by atoms with van der Waals surface area (Å²) < 4.78 is 18.9. The molecule has 0 unspecified atom stereocenters. The highest BCUT2D eigenvalue weighted by atomic mass is 35.5. The first-order chi connectivity index (χ1) is 41.0. The summed E-state index contributed by atoms with van der Waals surface area (Å²) in [5, 5.41) is 41.8. The first-order valence-electron chi connectivity index (χ1n) is 28.0. The SMILES string of the molecule is C[C@@](O)(CC(=O)Nc1nc2ccc(Cl)nc2n1-c1ccc(F)cc1)c1ccccn1.Cc1cc2nc(NC(=O)C[C@@](C)(O)c3ccccc3)n(C3CCC3)c2nc1Cl.Cc1cc2nc(NC(=O)C[C@](C)(O)c3ccccc3)n(C3CCC3)c2nc1Cl. The van der Waals surface area contributed by atoms with Crippen molar-refractivity contribution >= 4 is 104 Å². The summed E-state index contributed by atoms with van der Waals surface area (Å²) >= 11 is 18.5. The number of halogens is 4. The molecule has 3 atom stereocenters. The average molecular weight is 1220 g/mol. The van der Waals surface area contributed by atoms with E-state index in [2.05, 4.69) is 50.8 Å². The minimum absolute atomic E-state index is 0.0713. The number of fused-ring (bicyclic) bond motifs is 3. The van der Waals surface area contributed by atoms with Crippen molar-refractivity contribution in [1.29, 1.82) is 0 Å². The van der Waals surface area contributed by atoms with Crippen LogP contribution in [0.25, 0.3) is 39.2 Å². The molecular weight excluding hydrogens is 1160 g/mol. The molecule has 10 aromatic rings. The van der Waals surface area contributed by atoms with Crippen LogP contribution in [0.1, 0.15) is 119 Å². The van der Waals surface area contributed by atoms with Gasteiger partial charge in [-0.1, -0.05) is 102 Å². The van der Waals surface area contributed by atoms with Gasteiger partial charge in [-0.25, -0.2) is 34.3 Å². The Morgan fingerprint density at radius 3 is 1.42 bits per heavy atom. The molecule has 19 nitrogen and oxygen atoms in total. The Morgan fingerprint density at radius 1 is 0.535 bits per heavy atom. The van der Waals surface area contributed by atoms with Gasteiger partial charge in [-0.3, -0.25) is 49.0 Å². The predicted molar refractivity (Wildman–Crippen MR) is 330 cm³/mol. The number of pyridine rings is 4. The Kier molecular flexibility index (Phi) is 18.0. The number of carbonyl (C=O) groups excluding carboxylic acids is 3. The van der Waals surface area contributed by atoms with Crippen LogP contribution in [0.3, 0.4) is 0 Å². The Morgan fingerprint density at radius 2 is 0.977 bits per heavy atom. The minimum atomic E-state index is -1.47. The molecule has 7 heterocycles. The number of rotatable bonds is 15. The van der Waals surface area contributed by atoms with Gasteiger partial charge in [0.1, 0.15) is 43.4 Å². The molecule has 0 aliphatic heterocycles. The minimum Gasteiger partial charge on any atom is -0.385 e. The molecule has 2 aliphatic carbocycles. The summed E-state index contributed by atoms with van der Waals surface area (Å²) in [6, 6.07) is 36.7. The van der Waals surface area contributed by atoms with E-state index in [9.17, 15) is 34.1 Å². The number of aliphatic hydroxyl groups is 3. The van der Waals surface area contributed by atoms with Gasteiger partial charge in [-0.2, -0.15) is 0 Å². The first kappa shape index (κ1) is 60.9. The highest BCUT2D eigenvalue weighted by molar-refractivity contribution is 6.31. The van der Waals surface area contributed by atoms with Crippen molar-refractivity contribution < 1.29 is 34.1 Å². The third-order valence-corrected chi connectivity index (χ3v) is 16.3. The molecule has 2 saturated carbocycles. The molecule has 12 rings (SSSR count). The van der Waals surface area contributed by atoms with Gasteiger partial charge in [0.2, 0.25) is 35.6 Å². The molecule has 7 aromatic heterocycles. The number of aromatic nitrogens is 10. The molecule has 0 radical (unpaired) electrons. The highest BCUT2D eigenvalue weighted by Gasteiger charge is 2.33. The van der Waals surface area contributed by atoms with Gasteiger partial charge in [0.15, 0.2) is 16.9 Å². The van der Waals surface area contributed by atoms with Crippen LogP contribution in [0.5, 0.6) is 0 Å². The van der Waals surface area contributed by atoms with Gasteiger partial charge in [-0.15, -0.1) is 0 Å². The maximum atomic E-state index is 13.4. The summed E-state index contributed by atoms with van der Waals surface area (Å²) in [5.41, 5.74) is 3.68. The third-order valence-electron chi connectivity index (χ3n) is 15.3. The second-order valence-corrected chi connectivity index (χ2v) is 23.4. The van der Waals surface area contributed by atoms with Gasteiger partial charge in [0.05, 0.1) is 41.8 Å². The van der Waals surface area contributed by atoms with Crippen molar-refractivity contribution in [1.82, 2.24) is 48.6 Å². The molecule has 86 heavy (non-hydrogen) atoms. The zero-order chi connectivity index (χ0) is 61.1. The standard InChI is InChI=1S/C21H17ClFN5O2.2C21H23ClN4O2/c1-21(30,16-4-2-3-11-24-16)12-18(29)27-20-25-15-9-10-17(22)26-19(15)28(20)14-7-5-13(23)6-8-14;2*1-13-11-16-19(25-18(13)22)26(15-9-6-10-15)20(23-16)24-17(27)12-21(2,28)14-7-4-3-5-8-14/h2-11,30H,12H2,1H3,(H,25,27,29);2*3-5,7-8,11,15,28H,6,9-10,12H2,1-2H3,(H,23,24,27)/t3*21-/m110/s1. The number of nitrogens with zero attached hydrogens (tertiary/aromatic N) is 10. The van der Waals surface area contributed by atoms with Crippen LogP contribution in [-0.4, -0.2) is 81.6 Å². The average Bonchev–Trinajstić information content (AvgIpc) is 2.25. The zero-order valence-electron chi connectivity index (χ0n) is 47.8. The Labute approximate surface area is 509 Å². The largest absolute Gasteiger partial charge is 0.385 e. The molecule has 2 aliphatic rings. The molecule has 23 heteroatoms. The van der Waals surface area contributed by atoms with Crippen LogP contribution in [-0.2, 0) is 31.2 Å². The predicted octanol–water partition coefficient (Wildman–Crippen LogP) is 12.6. The number of hydrogen-bond donors (Lipinski definition) is 6. The maximum absolute atomic E-state index is 13.4. The molecule has 444 valence electrons. The summed E-state index contributed by atoms with van der Waals surface area (Å²) in [4.78, 5) is 69.2. The van der Waals surface area contributed by atoms with E-state index < -0.39 is 28.5 Å². The molecule has 2 fully saturated rings. The van der Waals surface area contributed by atoms with Crippen LogP contribution in [0.15, 0.2) is 134 Å². The number of nitrogens with one attached hydrogen (secondary N) is 3. The molecule has 0 saturated heterocycles. The van der Waals surface area contributed by atoms with Crippen LogP contribution >= 0.6 is 34.8 Å². The lowest BCUT2D eigenvalue weighted by molar-refractivity contribution is -0.122. The highest BCUT2D eigenvalue weighted by Crippen LogP contribution is 2.40. The number of carbonyl (C=O) groups is 3. The normalized spacial score (nSPS) is 15.4. The summed E-state index contributed by atoms with van der Waals surface area (Å²) in [6.07, 6.45) is 7.51. The van der Waals surface area contributed by atoms with Crippen molar-refractivity contribution in [3.63, 3.8) is 0 Å². The molecular formula is C63H63Cl3FN13O6. The summed E-state index contributed by atoms with van der Waals surface area (Å²) in [5.74, 6) is -0.375. The van der Waals surface area contributed by atoms with Gasteiger partial charge < -0.3 is 15.3 Å². The number of benzene rings is 3. The van der Waals surface area contributed by atoms with Crippen molar-refractivity contribution in [2.45, 2.75) is 121 Å². The number of anilines is 3. The molecule has 3 aromatic carbocycles. The monoisotopic (exact) mass is 1220 g/mol. The lowest BCUT2D eigenvalue weighted by atomic mass is 9.92. The lowest BCUT2D eigenvalue weighted by Crippen LogP contribution is -2.30. The number of aryl methyl sites for hydroxylation is 2. The van der Waals surface area contributed by atoms with E-state index >= 15 is 0 Å². The van der Waals surface area contributed by atoms with E-state index in [1.807, 2.05) is 95.8 Å². The van der Waals surface area contributed by atoms with E-state index in [1.165, 1.54) is 19.1 Å². The maximum Gasteiger partial charge on any atom is 0.229 e. The molecule has 6 N–H and O–H groups in total. The molecule has 0 bridgehead atoms. The van der Waals surface area contributed by atoms with Gasteiger partial charge >= 0.3 is 0 Å². The van der Waals surface area contributed by atoms with Crippen LogP contribution in [0.4, 0.5) is 22.2 Å². The van der Waals surface area contributed by atoms with Crippen molar-refractivity contribution in [2.24, 2.45) is 0 Å². The fourth-order valence-electron chi connectivity index (χ4n) is 10.2. The smallest absolute Gasteiger partial charge is 0.229 e. The molecule has 0 spiro atoms. The second-order valence-electron chi connectivity index (χ2n) is 22.3. The van der Waals surface area contributed by atoms with Crippen molar-refractivity contribution in [3.8, 4) is 5.69 Å². The first-order valence-corrected chi connectivity index (χ1v) is 29.2. The van der Waals surface area contributed by atoms with Crippen LogP contribution in [0.2, 0.25) is 15.5 Å². The van der Waals surface area contributed by atoms with Gasteiger partial charge in [0, 0.05) is 18.3 Å². The van der Waals surface area contributed by atoms with Crippen molar-refractivity contribution in [2.75, 3.05) is 16.0 Å². The number of amides is 3.